The smallest absolute Gasteiger partial charge is 0.251 e. The molecule has 0 heterocycles. The van der Waals surface area contributed by atoms with Gasteiger partial charge in [0.15, 0.2) is 0 Å². The maximum Gasteiger partial charge on any atom is 0.251 e. The van der Waals surface area contributed by atoms with E-state index in [9.17, 15) is 14.0 Å². The minimum absolute atomic E-state index is 0.0433. The monoisotopic (exact) mass is 356 g/mol. The zero-order chi connectivity index (χ0) is 19.1. The standard InChI is InChI=1S/C21H25FN2O2/c1-4-15(2)19(23-20(25)16-10-6-5-7-11-16)21(26)24(3)14-17-12-8-9-13-18(17)22/h5-13,15,19H,4,14H2,1-3H3,(H,23,25)/t15-,19-/m0/s1. The normalized spacial score (nSPS) is 12.9. The van der Waals surface area contributed by atoms with E-state index in [0.29, 0.717) is 11.1 Å². The third-order valence-corrected chi connectivity index (χ3v) is 4.54. The highest BCUT2D eigenvalue weighted by atomic mass is 19.1. The van der Waals surface area contributed by atoms with Gasteiger partial charge in [-0.15, -0.1) is 0 Å². The minimum Gasteiger partial charge on any atom is -0.340 e. The van der Waals surface area contributed by atoms with E-state index in [-0.39, 0.29) is 30.1 Å². The Labute approximate surface area is 154 Å². The van der Waals surface area contributed by atoms with Gasteiger partial charge in [-0.1, -0.05) is 56.7 Å². The fourth-order valence-electron chi connectivity index (χ4n) is 2.69. The van der Waals surface area contributed by atoms with E-state index >= 15 is 0 Å². The number of benzene rings is 2. The van der Waals surface area contributed by atoms with Crippen LogP contribution in [-0.4, -0.2) is 29.8 Å². The van der Waals surface area contributed by atoms with Crippen molar-refractivity contribution in [2.45, 2.75) is 32.9 Å². The van der Waals surface area contributed by atoms with Crippen LogP contribution in [0, 0.1) is 11.7 Å². The number of likely N-dealkylation sites (N-methyl/N-ethyl adjacent to an activating group) is 1. The summed E-state index contributed by atoms with van der Waals surface area (Å²) < 4.78 is 13.9. The van der Waals surface area contributed by atoms with E-state index in [1.54, 1.807) is 49.5 Å². The molecule has 4 nitrogen and oxygen atoms in total. The van der Waals surface area contributed by atoms with Gasteiger partial charge in [0.2, 0.25) is 5.91 Å². The molecule has 0 bridgehead atoms. The van der Waals surface area contributed by atoms with Crippen molar-refractivity contribution in [1.82, 2.24) is 10.2 Å². The van der Waals surface area contributed by atoms with Crippen molar-refractivity contribution >= 4 is 11.8 Å². The minimum atomic E-state index is -0.663. The molecule has 2 aromatic rings. The Morgan fingerprint density at radius 3 is 2.31 bits per heavy atom. The molecule has 138 valence electrons. The van der Waals surface area contributed by atoms with Crippen molar-refractivity contribution < 1.29 is 14.0 Å². The van der Waals surface area contributed by atoms with E-state index in [0.717, 1.165) is 6.42 Å². The number of hydrogen-bond acceptors (Lipinski definition) is 2. The second-order valence-corrected chi connectivity index (χ2v) is 6.49. The number of rotatable bonds is 7. The predicted octanol–water partition coefficient (Wildman–Crippen LogP) is 3.63. The highest BCUT2D eigenvalue weighted by Crippen LogP contribution is 2.15. The van der Waals surface area contributed by atoms with E-state index in [1.165, 1.54) is 11.0 Å². The molecular formula is C21H25FN2O2. The summed E-state index contributed by atoms with van der Waals surface area (Å²) in [7, 11) is 1.62. The molecule has 0 saturated heterocycles. The summed E-state index contributed by atoms with van der Waals surface area (Å²) in [5.41, 5.74) is 0.950. The highest BCUT2D eigenvalue weighted by molar-refractivity contribution is 5.97. The Hall–Kier alpha value is -2.69. The van der Waals surface area contributed by atoms with Gasteiger partial charge in [0, 0.05) is 24.7 Å². The first-order valence-electron chi connectivity index (χ1n) is 8.78. The third-order valence-electron chi connectivity index (χ3n) is 4.54. The number of carbonyl (C=O) groups excluding carboxylic acids is 2. The van der Waals surface area contributed by atoms with Gasteiger partial charge >= 0.3 is 0 Å². The van der Waals surface area contributed by atoms with Crippen molar-refractivity contribution in [3.63, 3.8) is 0 Å². The van der Waals surface area contributed by atoms with E-state index in [1.807, 2.05) is 19.9 Å². The average molecular weight is 356 g/mol. The summed E-state index contributed by atoms with van der Waals surface area (Å²) in [5.74, 6) is -0.908. The summed E-state index contributed by atoms with van der Waals surface area (Å²) in [4.78, 5) is 26.8. The molecule has 2 amide bonds. The lowest BCUT2D eigenvalue weighted by molar-refractivity contribution is -0.133. The number of carbonyl (C=O) groups is 2. The molecule has 0 aliphatic carbocycles. The summed E-state index contributed by atoms with van der Waals surface area (Å²) in [6.45, 7) is 4.04. The fraction of sp³-hybridized carbons (Fsp3) is 0.333. The Morgan fingerprint density at radius 2 is 1.69 bits per heavy atom. The molecule has 0 fully saturated rings. The number of nitrogens with one attached hydrogen (secondary N) is 1. The summed E-state index contributed by atoms with van der Waals surface area (Å²) in [5, 5.41) is 2.84. The third kappa shape index (κ3) is 4.91. The van der Waals surface area contributed by atoms with Crippen LogP contribution in [-0.2, 0) is 11.3 Å². The molecule has 1 N–H and O–H groups in total. The van der Waals surface area contributed by atoms with Gasteiger partial charge in [0.05, 0.1) is 0 Å². The first-order valence-corrected chi connectivity index (χ1v) is 8.78. The van der Waals surface area contributed by atoms with Crippen molar-refractivity contribution in [2.75, 3.05) is 7.05 Å². The number of hydrogen-bond donors (Lipinski definition) is 1. The molecule has 0 saturated carbocycles. The maximum atomic E-state index is 13.9. The molecule has 0 aliphatic rings. The van der Waals surface area contributed by atoms with E-state index < -0.39 is 6.04 Å². The lowest BCUT2D eigenvalue weighted by Crippen LogP contribution is -2.50. The zero-order valence-electron chi connectivity index (χ0n) is 15.4. The largest absolute Gasteiger partial charge is 0.340 e. The van der Waals surface area contributed by atoms with Crippen LogP contribution in [0.1, 0.15) is 36.2 Å². The molecule has 2 aromatic carbocycles. The van der Waals surface area contributed by atoms with Gasteiger partial charge in [-0.3, -0.25) is 9.59 Å². The summed E-state index contributed by atoms with van der Waals surface area (Å²) >= 11 is 0. The number of amides is 2. The molecule has 2 atom stereocenters. The summed E-state index contributed by atoms with van der Waals surface area (Å²) in [6.07, 6.45) is 0.735. The number of halogens is 1. The number of nitrogens with zero attached hydrogens (tertiary/aromatic N) is 1. The second kappa shape index (κ2) is 9.13. The topological polar surface area (TPSA) is 49.4 Å². The molecule has 0 unspecified atom stereocenters. The van der Waals surface area contributed by atoms with Crippen LogP contribution >= 0.6 is 0 Å². The van der Waals surface area contributed by atoms with E-state index in [4.69, 9.17) is 0 Å². The van der Waals surface area contributed by atoms with Crippen molar-refractivity contribution in [3.05, 3.63) is 71.5 Å². The highest BCUT2D eigenvalue weighted by Gasteiger charge is 2.29. The Bertz CT molecular complexity index is 749. The van der Waals surface area contributed by atoms with Crippen molar-refractivity contribution in [3.8, 4) is 0 Å². The molecule has 0 spiro atoms. The lowest BCUT2D eigenvalue weighted by Gasteiger charge is -2.28. The molecule has 0 aliphatic heterocycles. The first-order chi connectivity index (χ1) is 12.4. The van der Waals surface area contributed by atoms with Gasteiger partial charge in [-0.25, -0.2) is 4.39 Å². The fourth-order valence-corrected chi connectivity index (χ4v) is 2.69. The van der Waals surface area contributed by atoms with Crippen LogP contribution in [0.4, 0.5) is 4.39 Å². The van der Waals surface area contributed by atoms with Crippen molar-refractivity contribution in [1.29, 1.82) is 0 Å². The van der Waals surface area contributed by atoms with Gasteiger partial charge in [0.1, 0.15) is 11.9 Å². The van der Waals surface area contributed by atoms with Gasteiger partial charge in [-0.2, -0.15) is 0 Å². The van der Waals surface area contributed by atoms with Crippen LogP contribution in [0.2, 0.25) is 0 Å². The second-order valence-electron chi connectivity index (χ2n) is 6.49. The Morgan fingerprint density at radius 1 is 1.08 bits per heavy atom. The first kappa shape index (κ1) is 19.6. The summed E-state index contributed by atoms with van der Waals surface area (Å²) in [6, 6.07) is 14.5. The average Bonchev–Trinajstić information content (AvgIpc) is 2.67. The molecule has 0 radical (unpaired) electrons. The van der Waals surface area contributed by atoms with Crippen LogP contribution in [0.5, 0.6) is 0 Å². The molecule has 5 heteroatoms. The predicted molar refractivity (Wildman–Crippen MR) is 100 cm³/mol. The van der Waals surface area contributed by atoms with Gasteiger partial charge < -0.3 is 10.2 Å². The van der Waals surface area contributed by atoms with Gasteiger partial charge in [0.25, 0.3) is 5.91 Å². The lowest BCUT2D eigenvalue weighted by atomic mass is 9.97. The van der Waals surface area contributed by atoms with Gasteiger partial charge in [-0.05, 0) is 24.1 Å². The molecular weight excluding hydrogens is 331 g/mol. The molecule has 26 heavy (non-hydrogen) atoms. The quantitative estimate of drug-likeness (QED) is 0.824. The Balaban J connectivity index is 2.13. The molecule has 0 aromatic heterocycles. The van der Waals surface area contributed by atoms with Crippen LogP contribution in [0.15, 0.2) is 54.6 Å². The SMILES string of the molecule is CC[C@H](C)[C@H](NC(=O)c1ccccc1)C(=O)N(C)Cc1ccccc1F. The van der Waals surface area contributed by atoms with Crippen molar-refractivity contribution in [2.24, 2.45) is 5.92 Å². The van der Waals surface area contributed by atoms with Crippen LogP contribution < -0.4 is 5.32 Å². The van der Waals surface area contributed by atoms with Crippen LogP contribution in [0.3, 0.4) is 0 Å². The molecule has 2 rings (SSSR count). The van der Waals surface area contributed by atoms with E-state index in [2.05, 4.69) is 5.32 Å². The van der Waals surface area contributed by atoms with Crippen LogP contribution in [0.25, 0.3) is 0 Å². The zero-order valence-corrected chi connectivity index (χ0v) is 15.4. The Kier molecular flexibility index (Phi) is 6.89. The maximum absolute atomic E-state index is 13.9.